The first-order valence-corrected chi connectivity index (χ1v) is 6.86. The summed E-state index contributed by atoms with van der Waals surface area (Å²) in [6, 6.07) is 0. The second-order valence-electron chi connectivity index (χ2n) is 5.50. The lowest BCUT2D eigenvalue weighted by atomic mass is 10.2. The Hall–Kier alpha value is -1.59. The van der Waals surface area contributed by atoms with E-state index < -0.39 is 0 Å². The zero-order valence-corrected chi connectivity index (χ0v) is 12.3. The van der Waals surface area contributed by atoms with E-state index in [1.54, 1.807) is 13.1 Å². The van der Waals surface area contributed by atoms with Crippen LogP contribution in [0.5, 0.6) is 0 Å². The van der Waals surface area contributed by atoms with Gasteiger partial charge in [0.2, 0.25) is 0 Å². The smallest absolute Gasteiger partial charge is 0.253 e. The van der Waals surface area contributed by atoms with E-state index in [9.17, 15) is 4.79 Å². The minimum absolute atomic E-state index is 0.0575. The van der Waals surface area contributed by atoms with Crippen LogP contribution in [-0.4, -0.2) is 36.4 Å². The molecule has 1 amide bonds. The lowest BCUT2D eigenvalue weighted by Crippen LogP contribution is -2.42. The van der Waals surface area contributed by atoms with E-state index in [1.807, 2.05) is 17.1 Å². The Kier molecular flexibility index (Phi) is 4.62. The zero-order chi connectivity index (χ0) is 14.7. The summed E-state index contributed by atoms with van der Waals surface area (Å²) in [5, 5.41) is 2.71. The average molecular weight is 278 g/mol. The molecule has 0 fully saturated rings. The Balaban J connectivity index is 1.88. The third kappa shape index (κ3) is 3.49. The van der Waals surface area contributed by atoms with Crippen LogP contribution in [0.3, 0.4) is 0 Å². The van der Waals surface area contributed by atoms with E-state index in [4.69, 9.17) is 9.47 Å². The molecule has 5 heteroatoms. The molecule has 0 saturated heterocycles. The van der Waals surface area contributed by atoms with Crippen molar-refractivity contribution in [2.45, 2.75) is 33.1 Å². The van der Waals surface area contributed by atoms with Crippen LogP contribution in [0.4, 0.5) is 0 Å². The van der Waals surface area contributed by atoms with Crippen LogP contribution in [-0.2, 0) is 14.3 Å². The SMILES string of the molecule is C=C1NC(=O)C(C)=CN1[C@H]1C=C[C@@H](COCC(C)C)O1. The monoisotopic (exact) mass is 278 g/mol. The van der Waals surface area contributed by atoms with Crippen LogP contribution in [0.2, 0.25) is 0 Å². The molecular formula is C15H22N2O3. The van der Waals surface area contributed by atoms with Gasteiger partial charge >= 0.3 is 0 Å². The van der Waals surface area contributed by atoms with Gasteiger partial charge in [0, 0.05) is 18.4 Å². The fourth-order valence-corrected chi connectivity index (χ4v) is 2.03. The minimum atomic E-state index is -0.245. The minimum Gasteiger partial charge on any atom is -0.378 e. The number of nitrogens with one attached hydrogen (secondary N) is 1. The molecule has 110 valence electrons. The molecule has 20 heavy (non-hydrogen) atoms. The van der Waals surface area contributed by atoms with Crippen molar-refractivity contribution in [3.05, 3.63) is 36.3 Å². The predicted molar refractivity (Wildman–Crippen MR) is 76.3 cm³/mol. The maximum Gasteiger partial charge on any atom is 0.253 e. The molecule has 2 rings (SSSR count). The molecule has 2 aliphatic heterocycles. The van der Waals surface area contributed by atoms with Gasteiger partial charge in [-0.25, -0.2) is 0 Å². The summed E-state index contributed by atoms with van der Waals surface area (Å²) in [7, 11) is 0. The van der Waals surface area contributed by atoms with E-state index in [-0.39, 0.29) is 18.2 Å². The van der Waals surface area contributed by atoms with Gasteiger partial charge < -0.3 is 19.7 Å². The first-order chi connectivity index (χ1) is 9.47. The summed E-state index contributed by atoms with van der Waals surface area (Å²) in [6.07, 6.45) is 5.39. The molecule has 0 unspecified atom stereocenters. The van der Waals surface area contributed by atoms with Gasteiger partial charge in [-0.15, -0.1) is 0 Å². The molecule has 2 aliphatic rings. The number of hydrogen-bond donors (Lipinski definition) is 1. The average Bonchev–Trinajstić information content (AvgIpc) is 2.82. The van der Waals surface area contributed by atoms with Crippen molar-refractivity contribution in [3.8, 4) is 0 Å². The van der Waals surface area contributed by atoms with Crippen molar-refractivity contribution in [2.24, 2.45) is 5.92 Å². The number of rotatable bonds is 5. The standard InChI is InChI=1S/C15H22N2O3/c1-10(2)8-19-9-13-5-6-14(20-13)17-7-11(3)15(18)16-12(17)4/h5-7,10,13-14H,4,8-9H2,1-3H3,(H,16,18)/t13-,14+/m0/s1. The molecule has 0 spiro atoms. The highest BCUT2D eigenvalue weighted by Crippen LogP contribution is 2.22. The Morgan fingerprint density at radius 1 is 1.50 bits per heavy atom. The number of amides is 1. The quantitative estimate of drug-likeness (QED) is 0.778. The van der Waals surface area contributed by atoms with E-state index in [2.05, 4.69) is 25.7 Å². The zero-order valence-electron chi connectivity index (χ0n) is 12.3. The van der Waals surface area contributed by atoms with Gasteiger partial charge in [-0.2, -0.15) is 0 Å². The third-order valence-corrected chi connectivity index (χ3v) is 3.07. The lowest BCUT2D eigenvalue weighted by molar-refractivity contribution is -0.118. The van der Waals surface area contributed by atoms with E-state index in [0.717, 1.165) is 6.61 Å². The number of nitrogens with zero attached hydrogens (tertiary/aromatic N) is 1. The molecule has 0 radical (unpaired) electrons. The van der Waals surface area contributed by atoms with Crippen molar-refractivity contribution in [3.63, 3.8) is 0 Å². The number of ether oxygens (including phenoxy) is 2. The number of hydrogen-bond acceptors (Lipinski definition) is 4. The van der Waals surface area contributed by atoms with Crippen LogP contribution < -0.4 is 5.32 Å². The summed E-state index contributed by atoms with van der Waals surface area (Å²) in [5.41, 5.74) is 0.633. The van der Waals surface area contributed by atoms with Crippen LogP contribution in [0, 0.1) is 5.92 Å². The first kappa shape index (κ1) is 14.8. The van der Waals surface area contributed by atoms with E-state index in [1.165, 1.54) is 0 Å². The van der Waals surface area contributed by atoms with Crippen molar-refractivity contribution in [2.75, 3.05) is 13.2 Å². The van der Waals surface area contributed by atoms with Gasteiger partial charge in [0.15, 0.2) is 6.23 Å². The molecule has 0 bridgehead atoms. The molecule has 0 aromatic rings. The van der Waals surface area contributed by atoms with Crippen LogP contribution in [0.1, 0.15) is 20.8 Å². The normalized spacial score (nSPS) is 26.2. The summed E-state index contributed by atoms with van der Waals surface area (Å²) in [6.45, 7) is 11.1. The lowest BCUT2D eigenvalue weighted by Gasteiger charge is -2.32. The largest absolute Gasteiger partial charge is 0.378 e. The van der Waals surface area contributed by atoms with E-state index >= 15 is 0 Å². The fraction of sp³-hybridized carbons (Fsp3) is 0.533. The number of carbonyl (C=O) groups excluding carboxylic acids is 1. The van der Waals surface area contributed by atoms with Crippen LogP contribution in [0.25, 0.3) is 0 Å². The topological polar surface area (TPSA) is 50.8 Å². The highest BCUT2D eigenvalue weighted by Gasteiger charge is 2.28. The summed E-state index contributed by atoms with van der Waals surface area (Å²) >= 11 is 0. The second-order valence-corrected chi connectivity index (χ2v) is 5.50. The maximum atomic E-state index is 11.5. The van der Waals surface area contributed by atoms with Gasteiger partial charge in [0.1, 0.15) is 11.9 Å². The van der Waals surface area contributed by atoms with Gasteiger partial charge in [0.05, 0.1) is 6.61 Å². The van der Waals surface area contributed by atoms with E-state index in [0.29, 0.717) is 23.9 Å². The second kappa shape index (κ2) is 6.24. The number of carbonyl (C=O) groups is 1. The first-order valence-electron chi connectivity index (χ1n) is 6.86. The summed E-state index contributed by atoms with van der Waals surface area (Å²) < 4.78 is 11.4. The Bertz CT molecular complexity index is 454. The fourth-order valence-electron chi connectivity index (χ4n) is 2.03. The maximum absolute atomic E-state index is 11.5. The molecule has 1 N–H and O–H groups in total. The highest BCUT2D eigenvalue weighted by molar-refractivity contribution is 5.94. The van der Waals surface area contributed by atoms with Gasteiger partial charge in [-0.05, 0) is 18.9 Å². The third-order valence-electron chi connectivity index (χ3n) is 3.07. The molecular weight excluding hydrogens is 256 g/mol. The Labute approximate surface area is 119 Å². The van der Waals surface area contributed by atoms with Crippen LogP contribution in [0.15, 0.2) is 36.3 Å². The Morgan fingerprint density at radius 3 is 2.95 bits per heavy atom. The van der Waals surface area contributed by atoms with Crippen molar-refractivity contribution in [1.82, 2.24) is 10.2 Å². The van der Waals surface area contributed by atoms with Gasteiger partial charge in [-0.1, -0.05) is 26.5 Å². The van der Waals surface area contributed by atoms with Gasteiger partial charge in [-0.3, -0.25) is 4.79 Å². The molecule has 2 atom stereocenters. The summed E-state index contributed by atoms with van der Waals surface area (Å²) in [4.78, 5) is 13.3. The molecule has 0 aromatic heterocycles. The van der Waals surface area contributed by atoms with Crippen molar-refractivity contribution in [1.29, 1.82) is 0 Å². The summed E-state index contributed by atoms with van der Waals surface area (Å²) in [5.74, 6) is 0.919. The highest BCUT2D eigenvalue weighted by atomic mass is 16.5. The molecule has 0 aliphatic carbocycles. The molecule has 0 saturated carbocycles. The molecule has 2 heterocycles. The van der Waals surface area contributed by atoms with Crippen LogP contribution >= 0.6 is 0 Å². The van der Waals surface area contributed by atoms with Gasteiger partial charge in [0.25, 0.3) is 5.91 Å². The van der Waals surface area contributed by atoms with Crippen molar-refractivity contribution < 1.29 is 14.3 Å². The molecule has 5 nitrogen and oxygen atoms in total. The predicted octanol–water partition coefficient (Wildman–Crippen LogP) is 1.75. The molecule has 0 aromatic carbocycles. The Morgan fingerprint density at radius 2 is 2.25 bits per heavy atom. The van der Waals surface area contributed by atoms with Crippen molar-refractivity contribution >= 4 is 5.91 Å².